The number of nitrogens with zero attached hydrogens (tertiary/aromatic N) is 1. The molecule has 0 bridgehead atoms. The summed E-state index contributed by atoms with van der Waals surface area (Å²) < 4.78 is 0. The van der Waals surface area contributed by atoms with Gasteiger partial charge >= 0.3 is 0 Å². The molecule has 2 nitrogen and oxygen atoms in total. The number of anilines is 1. The zero-order valence-electron chi connectivity index (χ0n) is 12.9. The summed E-state index contributed by atoms with van der Waals surface area (Å²) in [6.45, 7) is 8.60. The maximum Gasteiger partial charge on any atom is 0.0434 e. The van der Waals surface area contributed by atoms with Crippen LogP contribution in [0.4, 0.5) is 5.69 Å². The smallest absolute Gasteiger partial charge is 0.0434 e. The van der Waals surface area contributed by atoms with Crippen molar-refractivity contribution in [2.75, 3.05) is 25.0 Å². The number of likely N-dealkylation sites (tertiary alicyclic amines) is 1. The van der Waals surface area contributed by atoms with E-state index in [2.05, 4.69) is 54.4 Å². The van der Waals surface area contributed by atoms with Crippen LogP contribution in [0.15, 0.2) is 30.3 Å². The number of hydrogen-bond donors (Lipinski definition) is 1. The van der Waals surface area contributed by atoms with E-state index in [0.717, 1.165) is 11.8 Å². The van der Waals surface area contributed by atoms with Crippen molar-refractivity contribution >= 4 is 5.69 Å². The third-order valence-electron chi connectivity index (χ3n) is 5.34. The summed E-state index contributed by atoms with van der Waals surface area (Å²) >= 11 is 0. The summed E-state index contributed by atoms with van der Waals surface area (Å²) in [5.41, 5.74) is 1.63. The minimum Gasteiger partial charge on any atom is -0.379 e. The number of nitrogens with one attached hydrogen (secondary N) is 1. The van der Waals surface area contributed by atoms with Gasteiger partial charge in [-0.3, -0.25) is 0 Å². The molecule has 0 amide bonds. The average Bonchev–Trinajstić information content (AvgIpc) is 2.83. The first-order valence-corrected chi connectivity index (χ1v) is 8.29. The van der Waals surface area contributed by atoms with Gasteiger partial charge in [-0.2, -0.15) is 0 Å². The first kappa shape index (κ1) is 13.9. The highest BCUT2D eigenvalue weighted by atomic mass is 15.2. The fraction of sp³-hybridized carbons (Fsp3) is 0.667. The van der Waals surface area contributed by atoms with Gasteiger partial charge in [-0.15, -0.1) is 0 Å². The van der Waals surface area contributed by atoms with Crippen LogP contribution in [0.1, 0.15) is 39.5 Å². The van der Waals surface area contributed by atoms with Gasteiger partial charge in [0.25, 0.3) is 0 Å². The van der Waals surface area contributed by atoms with E-state index in [1.54, 1.807) is 0 Å². The molecule has 1 saturated heterocycles. The van der Waals surface area contributed by atoms with Gasteiger partial charge in [-0.05, 0) is 32.0 Å². The lowest BCUT2D eigenvalue weighted by Gasteiger charge is -2.25. The lowest BCUT2D eigenvalue weighted by molar-refractivity contribution is 0.277. The van der Waals surface area contributed by atoms with E-state index in [9.17, 15) is 0 Å². The second-order valence-electron chi connectivity index (χ2n) is 6.81. The molecule has 2 heteroatoms. The largest absolute Gasteiger partial charge is 0.379 e. The lowest BCUT2D eigenvalue weighted by Crippen LogP contribution is -2.34. The van der Waals surface area contributed by atoms with Gasteiger partial charge in [0.05, 0.1) is 0 Å². The normalized spacial score (nSPS) is 32.1. The Labute approximate surface area is 123 Å². The number of unbranched alkanes of at least 4 members (excludes halogenated alkanes) is 3. The van der Waals surface area contributed by atoms with Crippen molar-refractivity contribution in [3.05, 3.63) is 30.3 Å². The molecule has 20 heavy (non-hydrogen) atoms. The molecule has 110 valence electrons. The van der Waals surface area contributed by atoms with E-state index >= 15 is 0 Å². The van der Waals surface area contributed by atoms with Crippen molar-refractivity contribution in [1.82, 2.24) is 4.90 Å². The van der Waals surface area contributed by atoms with Crippen molar-refractivity contribution in [3.63, 3.8) is 0 Å². The zero-order valence-corrected chi connectivity index (χ0v) is 12.9. The van der Waals surface area contributed by atoms with Crippen LogP contribution in [-0.2, 0) is 0 Å². The molecule has 0 aromatic heterocycles. The Kier molecular flexibility index (Phi) is 4.02. The fourth-order valence-corrected chi connectivity index (χ4v) is 3.93. The van der Waals surface area contributed by atoms with E-state index in [4.69, 9.17) is 0 Å². The van der Waals surface area contributed by atoms with E-state index in [1.807, 2.05) is 0 Å². The zero-order chi connectivity index (χ0) is 14.0. The Balaban J connectivity index is 1.44. The number of para-hydroxylation sites is 1. The monoisotopic (exact) mass is 272 g/mol. The summed E-state index contributed by atoms with van der Waals surface area (Å²) in [6, 6.07) is 10.7. The number of rotatable bonds is 7. The molecular weight excluding hydrogens is 244 g/mol. The summed E-state index contributed by atoms with van der Waals surface area (Å²) in [4.78, 5) is 2.68. The fourth-order valence-electron chi connectivity index (χ4n) is 3.93. The molecule has 2 atom stereocenters. The number of hydrogen-bond acceptors (Lipinski definition) is 2. The molecule has 2 aliphatic rings. The van der Waals surface area contributed by atoms with Crippen LogP contribution in [0.5, 0.6) is 0 Å². The average molecular weight is 272 g/mol. The van der Waals surface area contributed by atoms with Gasteiger partial charge in [-0.25, -0.2) is 0 Å². The van der Waals surface area contributed by atoms with Gasteiger partial charge < -0.3 is 10.2 Å². The Hall–Kier alpha value is -1.02. The number of piperidine rings is 1. The van der Waals surface area contributed by atoms with Gasteiger partial charge in [0.2, 0.25) is 0 Å². The van der Waals surface area contributed by atoms with E-state index in [0.29, 0.717) is 5.54 Å². The molecule has 1 aromatic carbocycles. The standard InChI is InChI=1S/C18H28N2/c1-3-4-5-9-12-20-13-16-17(14-20)18(16,2)19-15-10-7-6-8-11-15/h6-8,10-11,16-17,19H,3-5,9,12-14H2,1-2H3. The van der Waals surface area contributed by atoms with Crippen LogP contribution in [0, 0.1) is 11.8 Å². The van der Waals surface area contributed by atoms with Gasteiger partial charge in [-0.1, -0.05) is 44.4 Å². The molecular formula is C18H28N2. The van der Waals surface area contributed by atoms with Crippen LogP contribution in [-0.4, -0.2) is 30.1 Å². The van der Waals surface area contributed by atoms with Crippen LogP contribution in [0.2, 0.25) is 0 Å². The van der Waals surface area contributed by atoms with Crippen LogP contribution >= 0.6 is 0 Å². The van der Waals surface area contributed by atoms with Crippen molar-refractivity contribution < 1.29 is 0 Å². The highest BCUT2D eigenvalue weighted by Crippen LogP contribution is 2.56. The molecule has 2 unspecified atom stereocenters. The Morgan fingerprint density at radius 1 is 1.10 bits per heavy atom. The molecule has 1 aromatic rings. The molecule has 0 radical (unpaired) electrons. The molecule has 1 aliphatic carbocycles. The van der Waals surface area contributed by atoms with E-state index < -0.39 is 0 Å². The first-order chi connectivity index (χ1) is 9.74. The quantitative estimate of drug-likeness (QED) is 0.755. The third-order valence-corrected chi connectivity index (χ3v) is 5.34. The van der Waals surface area contributed by atoms with E-state index in [1.165, 1.54) is 51.0 Å². The predicted molar refractivity (Wildman–Crippen MR) is 86.0 cm³/mol. The van der Waals surface area contributed by atoms with Crippen molar-refractivity contribution in [2.24, 2.45) is 11.8 Å². The Bertz CT molecular complexity index is 416. The van der Waals surface area contributed by atoms with Crippen molar-refractivity contribution in [1.29, 1.82) is 0 Å². The maximum absolute atomic E-state index is 3.76. The molecule has 1 N–H and O–H groups in total. The molecule has 1 heterocycles. The minimum atomic E-state index is 0.348. The van der Waals surface area contributed by atoms with Crippen molar-refractivity contribution in [2.45, 2.75) is 45.1 Å². The second kappa shape index (κ2) is 5.77. The summed E-state index contributed by atoms with van der Waals surface area (Å²) in [7, 11) is 0. The number of fused-ring (bicyclic) bond motifs is 1. The lowest BCUT2D eigenvalue weighted by atomic mass is 10.1. The maximum atomic E-state index is 3.76. The first-order valence-electron chi connectivity index (χ1n) is 8.29. The molecule has 1 aliphatic heterocycles. The topological polar surface area (TPSA) is 15.3 Å². The SMILES string of the molecule is CCCCCCN1CC2C(C1)C2(C)Nc1ccccc1. The summed E-state index contributed by atoms with van der Waals surface area (Å²) in [5.74, 6) is 1.71. The Morgan fingerprint density at radius 2 is 1.80 bits per heavy atom. The second-order valence-corrected chi connectivity index (χ2v) is 6.81. The summed E-state index contributed by atoms with van der Waals surface area (Å²) in [5, 5.41) is 3.76. The van der Waals surface area contributed by atoms with Crippen LogP contribution in [0.3, 0.4) is 0 Å². The molecule has 0 spiro atoms. The third kappa shape index (κ3) is 2.71. The van der Waals surface area contributed by atoms with Gasteiger partial charge in [0, 0.05) is 36.2 Å². The molecule has 3 rings (SSSR count). The highest BCUT2D eigenvalue weighted by molar-refractivity contribution is 5.49. The molecule has 1 saturated carbocycles. The van der Waals surface area contributed by atoms with Gasteiger partial charge in [0.15, 0.2) is 0 Å². The van der Waals surface area contributed by atoms with Crippen LogP contribution in [0.25, 0.3) is 0 Å². The summed E-state index contributed by atoms with van der Waals surface area (Å²) in [6.07, 6.45) is 5.52. The highest BCUT2D eigenvalue weighted by Gasteiger charge is 2.65. The Morgan fingerprint density at radius 3 is 2.45 bits per heavy atom. The molecule has 2 fully saturated rings. The number of benzene rings is 1. The minimum absolute atomic E-state index is 0.348. The van der Waals surface area contributed by atoms with Crippen molar-refractivity contribution in [3.8, 4) is 0 Å². The van der Waals surface area contributed by atoms with E-state index in [-0.39, 0.29) is 0 Å². The van der Waals surface area contributed by atoms with Crippen LogP contribution < -0.4 is 5.32 Å². The predicted octanol–water partition coefficient (Wildman–Crippen LogP) is 4.00. The van der Waals surface area contributed by atoms with Gasteiger partial charge in [0.1, 0.15) is 0 Å².